The lowest BCUT2D eigenvalue weighted by Gasteiger charge is -2.25. The van der Waals surface area contributed by atoms with Gasteiger partial charge in [-0.05, 0) is 37.6 Å². The number of carboxylic acids is 1. The maximum absolute atomic E-state index is 12.8. The molecule has 3 aliphatic heterocycles. The van der Waals surface area contributed by atoms with Gasteiger partial charge in [0.2, 0.25) is 12.7 Å². The van der Waals surface area contributed by atoms with Crippen molar-refractivity contribution in [3.05, 3.63) is 23.8 Å². The number of amides is 2. The Labute approximate surface area is 175 Å². The first-order valence-electron chi connectivity index (χ1n) is 9.45. The van der Waals surface area contributed by atoms with Crippen LogP contribution >= 0.6 is 0 Å². The fourth-order valence-electron chi connectivity index (χ4n) is 4.07. The molecule has 0 aromatic heterocycles. The van der Waals surface area contributed by atoms with Crippen LogP contribution in [0, 0.1) is 5.92 Å². The van der Waals surface area contributed by atoms with Crippen LogP contribution in [-0.4, -0.2) is 84.9 Å². The number of rotatable bonds is 2. The molecule has 9 nitrogen and oxygen atoms in total. The molecule has 2 saturated heterocycles. The van der Waals surface area contributed by atoms with E-state index >= 15 is 0 Å². The van der Waals surface area contributed by atoms with Gasteiger partial charge in [-0.25, -0.2) is 4.79 Å². The third-order valence-corrected chi connectivity index (χ3v) is 5.65. The Balaban J connectivity index is 0.000000339. The Hall–Kier alpha value is -3.02. The molecule has 2 fully saturated rings. The number of fused-ring (bicyclic) bond motifs is 2. The van der Waals surface area contributed by atoms with E-state index in [-0.39, 0.29) is 30.7 Å². The lowest BCUT2D eigenvalue weighted by molar-refractivity contribution is -0.192. The molecule has 12 heteroatoms. The first kappa shape index (κ1) is 22.7. The standard InChI is InChI=1S/C17H21N3O4.C2HF3O2/c1-18-16(21)12-5-11-7-20(8-13(11)19(12)2)17(22)10-3-4-14-15(6-10)24-9-23-14;3-2(4,5)1(6)7/h3-4,6,11-13H,5,7-9H2,1-2H3,(H,18,21);(H,6,7)/t11-,12-,13+;/m1./s1. The Morgan fingerprint density at radius 2 is 1.81 bits per heavy atom. The second kappa shape index (κ2) is 8.61. The predicted octanol–water partition coefficient (Wildman–Crippen LogP) is 0.939. The smallest absolute Gasteiger partial charge is 0.475 e. The van der Waals surface area contributed by atoms with E-state index in [1.807, 2.05) is 11.9 Å². The van der Waals surface area contributed by atoms with Crippen LogP contribution in [0.1, 0.15) is 16.8 Å². The number of aliphatic carboxylic acids is 1. The van der Waals surface area contributed by atoms with E-state index in [1.165, 1.54) is 0 Å². The first-order chi connectivity index (χ1) is 14.5. The molecule has 0 bridgehead atoms. The van der Waals surface area contributed by atoms with Gasteiger partial charge in [-0.3, -0.25) is 14.5 Å². The summed E-state index contributed by atoms with van der Waals surface area (Å²) in [5, 5.41) is 9.85. The number of hydrogen-bond donors (Lipinski definition) is 2. The number of nitrogens with zero attached hydrogens (tertiary/aromatic N) is 2. The number of halogens is 3. The van der Waals surface area contributed by atoms with Gasteiger partial charge in [0.25, 0.3) is 5.91 Å². The quantitative estimate of drug-likeness (QED) is 0.698. The predicted molar refractivity (Wildman–Crippen MR) is 99.7 cm³/mol. The largest absolute Gasteiger partial charge is 0.490 e. The molecule has 0 aliphatic carbocycles. The summed E-state index contributed by atoms with van der Waals surface area (Å²) in [6, 6.07) is 5.45. The number of alkyl halides is 3. The zero-order valence-corrected chi connectivity index (χ0v) is 16.8. The van der Waals surface area contributed by atoms with Gasteiger partial charge in [-0.2, -0.15) is 13.2 Å². The molecular weight excluding hydrogens is 423 g/mol. The summed E-state index contributed by atoms with van der Waals surface area (Å²) < 4.78 is 42.4. The zero-order chi connectivity index (χ0) is 22.9. The van der Waals surface area contributed by atoms with Crippen molar-refractivity contribution in [3.8, 4) is 11.5 Å². The molecule has 170 valence electrons. The van der Waals surface area contributed by atoms with Crippen molar-refractivity contribution in [2.24, 2.45) is 5.92 Å². The summed E-state index contributed by atoms with van der Waals surface area (Å²) in [5.74, 6) is -1.05. The fourth-order valence-corrected chi connectivity index (χ4v) is 4.07. The van der Waals surface area contributed by atoms with Crippen LogP contribution in [0.15, 0.2) is 18.2 Å². The Bertz CT molecular complexity index is 878. The van der Waals surface area contributed by atoms with E-state index in [0.29, 0.717) is 36.1 Å². The monoisotopic (exact) mass is 445 g/mol. The van der Waals surface area contributed by atoms with Crippen LogP contribution in [0.25, 0.3) is 0 Å². The lowest BCUT2D eigenvalue weighted by Crippen LogP contribution is -2.45. The van der Waals surface area contributed by atoms with Crippen molar-refractivity contribution < 1.29 is 42.1 Å². The number of carboxylic acid groups (broad SMARTS) is 1. The van der Waals surface area contributed by atoms with Crippen molar-refractivity contribution in [1.82, 2.24) is 15.1 Å². The Morgan fingerprint density at radius 3 is 2.39 bits per heavy atom. The number of likely N-dealkylation sites (N-methyl/N-ethyl adjacent to an activating group) is 2. The molecule has 0 radical (unpaired) electrons. The van der Waals surface area contributed by atoms with E-state index in [4.69, 9.17) is 19.4 Å². The van der Waals surface area contributed by atoms with Crippen molar-refractivity contribution in [2.45, 2.75) is 24.7 Å². The molecule has 3 atom stereocenters. The van der Waals surface area contributed by atoms with Crippen LogP contribution < -0.4 is 14.8 Å². The van der Waals surface area contributed by atoms with Crippen molar-refractivity contribution in [1.29, 1.82) is 0 Å². The van der Waals surface area contributed by atoms with Gasteiger partial charge in [0.1, 0.15) is 0 Å². The summed E-state index contributed by atoms with van der Waals surface area (Å²) in [6.45, 7) is 1.55. The average molecular weight is 445 g/mol. The normalized spacial score (nSPS) is 24.3. The van der Waals surface area contributed by atoms with Gasteiger partial charge < -0.3 is 24.8 Å². The Morgan fingerprint density at radius 1 is 1.16 bits per heavy atom. The van der Waals surface area contributed by atoms with Gasteiger partial charge in [-0.1, -0.05) is 0 Å². The van der Waals surface area contributed by atoms with E-state index in [1.54, 1.807) is 25.2 Å². The second-order valence-corrected chi connectivity index (χ2v) is 7.44. The van der Waals surface area contributed by atoms with Gasteiger partial charge in [0, 0.05) is 31.7 Å². The number of carbonyl (C=O) groups is 3. The SMILES string of the molecule is CNC(=O)[C@H]1C[C@@H]2CN(C(=O)c3ccc4c(c3)OCO4)C[C@@H]2N1C.O=C(O)C(F)(F)F. The zero-order valence-electron chi connectivity index (χ0n) is 16.8. The number of nitrogens with one attached hydrogen (secondary N) is 1. The lowest BCUT2D eigenvalue weighted by atomic mass is 10.0. The maximum atomic E-state index is 12.8. The van der Waals surface area contributed by atoms with Crippen molar-refractivity contribution in [3.63, 3.8) is 0 Å². The number of carbonyl (C=O) groups excluding carboxylic acids is 2. The van der Waals surface area contributed by atoms with Crippen molar-refractivity contribution in [2.75, 3.05) is 34.0 Å². The molecule has 2 amide bonds. The van der Waals surface area contributed by atoms with Crippen LogP contribution in [-0.2, 0) is 9.59 Å². The summed E-state index contributed by atoms with van der Waals surface area (Å²) in [5.41, 5.74) is 0.615. The highest BCUT2D eigenvalue weighted by Gasteiger charge is 2.48. The van der Waals surface area contributed by atoms with Gasteiger partial charge in [0.05, 0.1) is 6.04 Å². The van der Waals surface area contributed by atoms with Crippen LogP contribution in [0.4, 0.5) is 13.2 Å². The summed E-state index contributed by atoms with van der Waals surface area (Å²) in [6.07, 6.45) is -4.29. The Kier molecular flexibility index (Phi) is 6.30. The molecular formula is C19H22F3N3O6. The van der Waals surface area contributed by atoms with Gasteiger partial charge >= 0.3 is 12.1 Å². The number of benzene rings is 1. The number of hydrogen-bond acceptors (Lipinski definition) is 6. The van der Waals surface area contributed by atoms with Crippen molar-refractivity contribution >= 4 is 17.8 Å². The van der Waals surface area contributed by atoms with Gasteiger partial charge in [0.15, 0.2) is 11.5 Å². The molecule has 31 heavy (non-hydrogen) atoms. The highest BCUT2D eigenvalue weighted by Crippen LogP contribution is 2.37. The number of ether oxygens (including phenoxy) is 2. The number of likely N-dealkylation sites (tertiary alicyclic amines) is 2. The average Bonchev–Trinajstić information content (AvgIpc) is 3.42. The highest BCUT2D eigenvalue weighted by molar-refractivity contribution is 5.95. The topological polar surface area (TPSA) is 108 Å². The molecule has 1 aromatic rings. The highest BCUT2D eigenvalue weighted by atomic mass is 19.4. The van der Waals surface area contributed by atoms with Crippen LogP contribution in [0.3, 0.4) is 0 Å². The molecule has 1 aromatic carbocycles. The second-order valence-electron chi connectivity index (χ2n) is 7.44. The molecule has 3 aliphatic rings. The molecule has 0 unspecified atom stereocenters. The molecule has 0 spiro atoms. The third-order valence-electron chi connectivity index (χ3n) is 5.65. The van der Waals surface area contributed by atoms with E-state index in [0.717, 1.165) is 6.42 Å². The van der Waals surface area contributed by atoms with Gasteiger partial charge in [-0.15, -0.1) is 0 Å². The minimum atomic E-state index is -5.08. The first-order valence-corrected chi connectivity index (χ1v) is 9.45. The third kappa shape index (κ3) is 4.68. The molecule has 4 rings (SSSR count). The molecule has 0 saturated carbocycles. The molecule has 3 heterocycles. The van der Waals surface area contributed by atoms with Crippen LogP contribution in [0.5, 0.6) is 11.5 Å². The fraction of sp³-hybridized carbons (Fsp3) is 0.526. The summed E-state index contributed by atoms with van der Waals surface area (Å²) >= 11 is 0. The van der Waals surface area contributed by atoms with E-state index in [2.05, 4.69) is 10.2 Å². The minimum absolute atomic E-state index is 0.00703. The minimum Gasteiger partial charge on any atom is -0.475 e. The molecule has 2 N–H and O–H groups in total. The summed E-state index contributed by atoms with van der Waals surface area (Å²) in [7, 11) is 3.64. The summed E-state index contributed by atoms with van der Waals surface area (Å²) in [4.78, 5) is 37.6. The van der Waals surface area contributed by atoms with E-state index in [9.17, 15) is 22.8 Å². The van der Waals surface area contributed by atoms with Crippen LogP contribution in [0.2, 0.25) is 0 Å². The maximum Gasteiger partial charge on any atom is 0.490 e. The van der Waals surface area contributed by atoms with E-state index < -0.39 is 12.1 Å².